The number of benzene rings is 1. The van der Waals surface area contributed by atoms with Crippen molar-refractivity contribution >= 4 is 16.8 Å². The van der Waals surface area contributed by atoms with E-state index in [0.29, 0.717) is 5.56 Å². The molecule has 1 aromatic heterocycles. The summed E-state index contributed by atoms with van der Waals surface area (Å²) in [5.74, 6) is 0.875. The van der Waals surface area contributed by atoms with Gasteiger partial charge in [-0.25, -0.2) is 0 Å². The van der Waals surface area contributed by atoms with E-state index in [2.05, 4.69) is 4.98 Å². The summed E-state index contributed by atoms with van der Waals surface area (Å²) in [7, 11) is 1.64. The minimum Gasteiger partial charge on any atom is -0.497 e. The normalized spacial score (nSPS) is 14.8. The average molecular weight is 270 g/mol. The molecule has 4 nitrogen and oxygen atoms in total. The lowest BCUT2D eigenvalue weighted by Gasteiger charge is -2.17. The topological polar surface area (TPSA) is 42.4 Å². The largest absolute Gasteiger partial charge is 0.497 e. The Balaban J connectivity index is 2.05. The average Bonchev–Trinajstić information content (AvgIpc) is 2.99. The van der Waals surface area contributed by atoms with E-state index in [0.717, 1.165) is 48.3 Å². The molecule has 1 aliphatic heterocycles. The fourth-order valence-electron chi connectivity index (χ4n) is 2.68. The van der Waals surface area contributed by atoms with Crippen molar-refractivity contribution in [3.8, 4) is 5.75 Å². The van der Waals surface area contributed by atoms with Gasteiger partial charge in [0, 0.05) is 18.5 Å². The highest BCUT2D eigenvalue weighted by molar-refractivity contribution is 5.99. The van der Waals surface area contributed by atoms with Crippen molar-refractivity contribution in [3.63, 3.8) is 0 Å². The zero-order valence-electron chi connectivity index (χ0n) is 11.8. The number of carbonyl (C=O) groups excluding carboxylic acids is 1. The van der Waals surface area contributed by atoms with Crippen LogP contribution in [0.3, 0.4) is 0 Å². The quantitative estimate of drug-likeness (QED) is 0.842. The lowest BCUT2D eigenvalue weighted by molar-refractivity contribution is 0.0792. The SMILES string of the molecule is COc1ccc2nc(C)c(C(=O)N3CCCC3)cc2c1. The Morgan fingerprint density at radius 2 is 2.00 bits per heavy atom. The van der Waals surface area contributed by atoms with Crippen molar-refractivity contribution in [1.29, 1.82) is 0 Å². The molecule has 0 spiro atoms. The maximum Gasteiger partial charge on any atom is 0.255 e. The number of carbonyl (C=O) groups is 1. The summed E-state index contributed by atoms with van der Waals surface area (Å²) < 4.78 is 5.23. The van der Waals surface area contributed by atoms with E-state index in [1.54, 1.807) is 7.11 Å². The van der Waals surface area contributed by atoms with E-state index in [1.165, 1.54) is 0 Å². The first-order valence-electron chi connectivity index (χ1n) is 6.94. The molecule has 1 saturated heterocycles. The number of aromatic nitrogens is 1. The summed E-state index contributed by atoms with van der Waals surface area (Å²) in [6.07, 6.45) is 2.19. The number of methoxy groups -OCH3 is 1. The fraction of sp³-hybridized carbons (Fsp3) is 0.375. The van der Waals surface area contributed by atoms with Crippen LogP contribution in [0, 0.1) is 6.92 Å². The zero-order valence-corrected chi connectivity index (χ0v) is 11.8. The van der Waals surface area contributed by atoms with Crippen molar-refractivity contribution in [1.82, 2.24) is 9.88 Å². The van der Waals surface area contributed by atoms with Gasteiger partial charge in [-0.1, -0.05) is 0 Å². The van der Waals surface area contributed by atoms with Gasteiger partial charge in [0.1, 0.15) is 5.75 Å². The summed E-state index contributed by atoms with van der Waals surface area (Å²) >= 11 is 0. The summed E-state index contributed by atoms with van der Waals surface area (Å²) in [6, 6.07) is 7.66. The Hall–Kier alpha value is -2.10. The number of hydrogen-bond donors (Lipinski definition) is 0. The monoisotopic (exact) mass is 270 g/mol. The minimum absolute atomic E-state index is 0.0946. The molecule has 1 fully saturated rings. The van der Waals surface area contributed by atoms with Crippen LogP contribution in [0.1, 0.15) is 28.9 Å². The van der Waals surface area contributed by atoms with Gasteiger partial charge >= 0.3 is 0 Å². The Kier molecular flexibility index (Phi) is 3.30. The Bertz CT molecular complexity index is 661. The van der Waals surface area contributed by atoms with Crippen LogP contribution in [0.2, 0.25) is 0 Å². The van der Waals surface area contributed by atoms with Gasteiger partial charge in [0.2, 0.25) is 0 Å². The zero-order chi connectivity index (χ0) is 14.1. The molecule has 1 amide bonds. The lowest BCUT2D eigenvalue weighted by Crippen LogP contribution is -2.28. The predicted octanol–water partition coefficient (Wildman–Crippen LogP) is 2.79. The third kappa shape index (κ3) is 2.22. The number of aryl methyl sites for hydroxylation is 1. The van der Waals surface area contributed by atoms with Crippen LogP contribution in [-0.4, -0.2) is 36.0 Å². The van der Waals surface area contributed by atoms with E-state index in [9.17, 15) is 4.79 Å². The maximum atomic E-state index is 12.5. The molecular weight excluding hydrogens is 252 g/mol. The third-order valence-corrected chi connectivity index (χ3v) is 3.84. The van der Waals surface area contributed by atoms with Crippen LogP contribution in [-0.2, 0) is 0 Å². The van der Waals surface area contributed by atoms with Gasteiger partial charge < -0.3 is 9.64 Å². The molecule has 0 unspecified atom stereocenters. The van der Waals surface area contributed by atoms with E-state index in [1.807, 2.05) is 36.1 Å². The van der Waals surface area contributed by atoms with Crippen molar-refractivity contribution < 1.29 is 9.53 Å². The van der Waals surface area contributed by atoms with Gasteiger partial charge in [-0.05, 0) is 44.0 Å². The standard InChI is InChI=1S/C16H18N2O2/c1-11-14(16(19)18-7-3-4-8-18)10-12-9-13(20-2)5-6-15(12)17-11/h5-6,9-10H,3-4,7-8H2,1-2H3. The molecule has 0 atom stereocenters. The lowest BCUT2D eigenvalue weighted by atomic mass is 10.1. The fourth-order valence-corrected chi connectivity index (χ4v) is 2.68. The van der Waals surface area contributed by atoms with E-state index in [4.69, 9.17) is 4.74 Å². The molecule has 0 radical (unpaired) electrons. The van der Waals surface area contributed by atoms with E-state index < -0.39 is 0 Å². The number of fused-ring (bicyclic) bond motifs is 1. The summed E-state index contributed by atoms with van der Waals surface area (Å²) in [5, 5.41) is 0.942. The number of likely N-dealkylation sites (tertiary alicyclic amines) is 1. The van der Waals surface area contributed by atoms with Gasteiger partial charge in [-0.2, -0.15) is 0 Å². The molecule has 1 aliphatic rings. The first kappa shape index (κ1) is 12.9. The number of ether oxygens (including phenoxy) is 1. The molecule has 104 valence electrons. The third-order valence-electron chi connectivity index (χ3n) is 3.84. The van der Waals surface area contributed by atoms with E-state index in [-0.39, 0.29) is 5.91 Å². The van der Waals surface area contributed by atoms with Crippen LogP contribution in [0.15, 0.2) is 24.3 Å². The smallest absolute Gasteiger partial charge is 0.255 e. The van der Waals surface area contributed by atoms with Crippen LogP contribution in [0.5, 0.6) is 5.75 Å². The van der Waals surface area contributed by atoms with Gasteiger partial charge in [0.15, 0.2) is 0 Å². The molecule has 20 heavy (non-hydrogen) atoms. The molecular formula is C16H18N2O2. The van der Waals surface area contributed by atoms with Crippen molar-refractivity contribution in [2.24, 2.45) is 0 Å². The van der Waals surface area contributed by atoms with Gasteiger partial charge in [-0.15, -0.1) is 0 Å². The van der Waals surface area contributed by atoms with Gasteiger partial charge in [0.05, 0.1) is 23.9 Å². The van der Waals surface area contributed by atoms with Gasteiger partial charge in [-0.3, -0.25) is 9.78 Å². The molecule has 4 heteroatoms. The van der Waals surface area contributed by atoms with Crippen LogP contribution >= 0.6 is 0 Å². The van der Waals surface area contributed by atoms with Crippen molar-refractivity contribution in [2.45, 2.75) is 19.8 Å². The molecule has 1 aromatic carbocycles. The highest BCUT2D eigenvalue weighted by Gasteiger charge is 2.21. The predicted molar refractivity (Wildman–Crippen MR) is 78.2 cm³/mol. The molecule has 2 aromatic rings. The first-order chi connectivity index (χ1) is 9.69. The first-order valence-corrected chi connectivity index (χ1v) is 6.94. The summed E-state index contributed by atoms with van der Waals surface area (Å²) in [4.78, 5) is 19.0. The van der Waals surface area contributed by atoms with Gasteiger partial charge in [0.25, 0.3) is 5.91 Å². The second-order valence-electron chi connectivity index (χ2n) is 5.18. The Labute approximate surface area is 118 Å². The number of pyridine rings is 1. The molecule has 0 N–H and O–H groups in total. The minimum atomic E-state index is 0.0946. The maximum absolute atomic E-state index is 12.5. The van der Waals surface area contributed by atoms with Crippen LogP contribution in [0.25, 0.3) is 10.9 Å². The molecule has 0 aliphatic carbocycles. The number of nitrogens with zero attached hydrogens (tertiary/aromatic N) is 2. The Morgan fingerprint density at radius 1 is 1.25 bits per heavy atom. The highest BCUT2D eigenvalue weighted by Crippen LogP contribution is 2.23. The molecule has 0 saturated carbocycles. The second-order valence-corrected chi connectivity index (χ2v) is 5.18. The highest BCUT2D eigenvalue weighted by atomic mass is 16.5. The summed E-state index contributed by atoms with van der Waals surface area (Å²) in [6.45, 7) is 3.61. The second kappa shape index (κ2) is 5.12. The van der Waals surface area contributed by atoms with Crippen molar-refractivity contribution in [3.05, 3.63) is 35.5 Å². The number of amides is 1. The van der Waals surface area contributed by atoms with Crippen molar-refractivity contribution in [2.75, 3.05) is 20.2 Å². The molecule has 3 rings (SSSR count). The summed E-state index contributed by atoms with van der Waals surface area (Å²) in [5.41, 5.74) is 2.38. The van der Waals surface area contributed by atoms with Crippen LogP contribution < -0.4 is 4.74 Å². The molecule has 2 heterocycles. The van der Waals surface area contributed by atoms with E-state index >= 15 is 0 Å². The number of hydrogen-bond acceptors (Lipinski definition) is 3. The van der Waals surface area contributed by atoms with Crippen LogP contribution in [0.4, 0.5) is 0 Å². The number of rotatable bonds is 2. The molecule has 0 bridgehead atoms. The Morgan fingerprint density at radius 3 is 2.70 bits per heavy atom.